The van der Waals surface area contributed by atoms with Gasteiger partial charge in [0.2, 0.25) is 0 Å². The first kappa shape index (κ1) is 6.39. The Morgan fingerprint density at radius 3 is 3.27 bits per heavy atom. The van der Waals surface area contributed by atoms with Crippen molar-refractivity contribution in [3.63, 3.8) is 0 Å². The van der Waals surface area contributed by atoms with Crippen molar-refractivity contribution >= 4 is 12.1 Å². The number of nitrogens with zero attached hydrogens (tertiary/aromatic N) is 2. The zero-order valence-electron chi connectivity index (χ0n) is 6.19. The van der Waals surface area contributed by atoms with Crippen molar-refractivity contribution in [1.29, 1.82) is 0 Å². The Morgan fingerprint density at radius 2 is 2.55 bits per heavy atom. The largest absolute Gasteiger partial charge is 0.369 e. The molecule has 2 aliphatic heterocycles. The average molecular weight is 151 g/mol. The molecule has 0 spiro atoms. The predicted octanol–water partition coefficient (Wildman–Crippen LogP) is -0.659. The van der Waals surface area contributed by atoms with Crippen LogP contribution in [-0.2, 0) is 4.79 Å². The Labute approximate surface area is 64.6 Å². The quantitative estimate of drug-likeness (QED) is 0.500. The molecule has 4 heteroatoms. The summed E-state index contributed by atoms with van der Waals surface area (Å²) in [5.74, 6) is 0.0781. The summed E-state index contributed by atoms with van der Waals surface area (Å²) in [4.78, 5) is 17.1. The van der Waals surface area contributed by atoms with E-state index in [4.69, 9.17) is 0 Å². The number of rotatable bonds is 0. The van der Waals surface area contributed by atoms with Gasteiger partial charge in [0.05, 0.1) is 6.34 Å². The van der Waals surface area contributed by atoms with Crippen LogP contribution in [0.5, 0.6) is 0 Å². The Bertz CT molecular complexity index is 246. The van der Waals surface area contributed by atoms with Crippen molar-refractivity contribution in [1.82, 2.24) is 10.2 Å². The number of carbonyl (C=O) groups excluding carboxylic acids is 1. The van der Waals surface area contributed by atoms with Crippen LogP contribution in [0, 0.1) is 0 Å². The molecule has 0 amide bonds. The molecule has 11 heavy (non-hydrogen) atoms. The highest BCUT2D eigenvalue weighted by molar-refractivity contribution is 5.97. The number of nitrogens with one attached hydrogen (secondary N) is 1. The molecule has 0 aromatic carbocycles. The highest BCUT2D eigenvalue weighted by Crippen LogP contribution is 2.13. The van der Waals surface area contributed by atoms with Gasteiger partial charge in [-0.2, -0.15) is 0 Å². The highest BCUT2D eigenvalue weighted by Gasteiger charge is 2.34. The third kappa shape index (κ3) is 0.824. The van der Waals surface area contributed by atoms with Crippen molar-refractivity contribution in [3.8, 4) is 0 Å². The zero-order chi connectivity index (χ0) is 7.84. The smallest absolute Gasteiger partial charge is 0.185 e. The van der Waals surface area contributed by atoms with Gasteiger partial charge in [0, 0.05) is 13.2 Å². The minimum absolute atomic E-state index is 0.0347. The number of likely N-dealkylation sites (N-methyl/N-ethyl adjacent to an activating group) is 1. The van der Waals surface area contributed by atoms with Gasteiger partial charge < -0.3 is 10.2 Å². The number of fused-ring (bicyclic) bond motifs is 1. The molecule has 2 unspecified atom stereocenters. The molecule has 0 fully saturated rings. The highest BCUT2D eigenvalue weighted by atomic mass is 16.1. The fourth-order valence-electron chi connectivity index (χ4n) is 1.32. The van der Waals surface area contributed by atoms with Crippen LogP contribution in [-0.4, -0.2) is 36.3 Å². The van der Waals surface area contributed by atoms with Crippen molar-refractivity contribution < 1.29 is 4.79 Å². The van der Waals surface area contributed by atoms with Gasteiger partial charge >= 0.3 is 0 Å². The van der Waals surface area contributed by atoms with Crippen molar-refractivity contribution in [2.24, 2.45) is 4.99 Å². The number of ketones is 1. The number of hydrogen-bond donors (Lipinski definition) is 1. The first-order valence-corrected chi connectivity index (χ1v) is 3.51. The Balaban J connectivity index is 2.27. The average Bonchev–Trinajstić information content (AvgIpc) is 2.35. The number of hydrogen-bond acceptors (Lipinski definition) is 4. The van der Waals surface area contributed by atoms with Crippen LogP contribution >= 0.6 is 0 Å². The second-order valence-corrected chi connectivity index (χ2v) is 2.72. The first-order chi connectivity index (χ1) is 5.29. The standard InChI is InChI=1S/C7H9N3O/c1-10-4-9-6-5(11)2-3-8-7(6)10/h2-4,6-8H,1H3. The topological polar surface area (TPSA) is 44.7 Å². The normalized spacial score (nSPS) is 33.9. The van der Waals surface area contributed by atoms with Crippen molar-refractivity contribution in [3.05, 3.63) is 12.3 Å². The van der Waals surface area contributed by atoms with E-state index in [0.717, 1.165) is 0 Å². The lowest BCUT2D eigenvalue weighted by Gasteiger charge is -2.25. The van der Waals surface area contributed by atoms with Crippen LogP contribution in [0.15, 0.2) is 17.3 Å². The van der Waals surface area contributed by atoms with E-state index in [2.05, 4.69) is 10.3 Å². The predicted molar refractivity (Wildman–Crippen MR) is 41.1 cm³/mol. The third-order valence-corrected chi connectivity index (χ3v) is 1.95. The molecule has 0 radical (unpaired) electrons. The van der Waals surface area contributed by atoms with Crippen LogP contribution in [0.25, 0.3) is 0 Å². The summed E-state index contributed by atoms with van der Waals surface area (Å²) in [6, 6.07) is -0.231. The van der Waals surface area contributed by atoms with E-state index in [-0.39, 0.29) is 18.0 Å². The molecule has 0 bridgehead atoms. The summed E-state index contributed by atoms with van der Waals surface area (Å²) in [6.45, 7) is 0. The van der Waals surface area contributed by atoms with Crippen LogP contribution in [0.1, 0.15) is 0 Å². The Kier molecular flexibility index (Phi) is 1.21. The van der Waals surface area contributed by atoms with Gasteiger partial charge in [-0.3, -0.25) is 9.79 Å². The van der Waals surface area contributed by atoms with E-state index in [1.165, 1.54) is 6.08 Å². The first-order valence-electron chi connectivity index (χ1n) is 3.51. The van der Waals surface area contributed by atoms with E-state index in [1.54, 1.807) is 12.5 Å². The van der Waals surface area contributed by atoms with Gasteiger partial charge in [0.1, 0.15) is 6.17 Å². The van der Waals surface area contributed by atoms with Crippen LogP contribution in [0.4, 0.5) is 0 Å². The van der Waals surface area contributed by atoms with Gasteiger partial charge in [-0.15, -0.1) is 0 Å². The van der Waals surface area contributed by atoms with Gasteiger partial charge in [-0.1, -0.05) is 0 Å². The van der Waals surface area contributed by atoms with Gasteiger partial charge in [0.25, 0.3) is 0 Å². The molecule has 2 aliphatic rings. The second-order valence-electron chi connectivity index (χ2n) is 2.72. The van der Waals surface area contributed by atoms with Crippen LogP contribution < -0.4 is 5.32 Å². The zero-order valence-corrected chi connectivity index (χ0v) is 6.19. The van der Waals surface area contributed by atoms with Crippen molar-refractivity contribution in [2.45, 2.75) is 12.2 Å². The molecule has 2 rings (SSSR count). The van der Waals surface area contributed by atoms with Crippen LogP contribution in [0.3, 0.4) is 0 Å². The maximum absolute atomic E-state index is 11.2. The van der Waals surface area contributed by atoms with E-state index in [1.807, 2.05) is 11.9 Å². The lowest BCUT2D eigenvalue weighted by Crippen LogP contribution is -2.48. The third-order valence-electron chi connectivity index (χ3n) is 1.95. The lowest BCUT2D eigenvalue weighted by molar-refractivity contribution is -0.117. The van der Waals surface area contributed by atoms with E-state index < -0.39 is 0 Å². The van der Waals surface area contributed by atoms with Crippen LogP contribution in [0.2, 0.25) is 0 Å². The summed E-state index contributed by atoms with van der Waals surface area (Å²) in [5.41, 5.74) is 0. The monoisotopic (exact) mass is 151 g/mol. The number of carbonyl (C=O) groups is 1. The van der Waals surface area contributed by atoms with Gasteiger partial charge in [0.15, 0.2) is 11.8 Å². The molecular formula is C7H9N3O. The van der Waals surface area contributed by atoms with Gasteiger partial charge in [-0.25, -0.2) is 0 Å². The minimum Gasteiger partial charge on any atom is -0.369 e. The molecule has 2 heterocycles. The van der Waals surface area contributed by atoms with E-state index in [0.29, 0.717) is 0 Å². The summed E-state index contributed by atoms with van der Waals surface area (Å²) in [7, 11) is 1.90. The number of aliphatic imine (C=N–C) groups is 1. The molecule has 2 atom stereocenters. The molecule has 0 aromatic heterocycles. The molecule has 0 saturated carbocycles. The fraction of sp³-hybridized carbons (Fsp3) is 0.429. The fourth-order valence-corrected chi connectivity index (χ4v) is 1.32. The maximum Gasteiger partial charge on any atom is 0.185 e. The molecule has 0 saturated heterocycles. The molecule has 4 nitrogen and oxygen atoms in total. The SMILES string of the molecule is CN1C=NC2C(=O)C=CNC21. The summed E-state index contributed by atoms with van der Waals surface area (Å²) in [6.07, 6.45) is 4.92. The summed E-state index contributed by atoms with van der Waals surface area (Å²) in [5, 5.41) is 3.06. The molecular weight excluding hydrogens is 142 g/mol. The summed E-state index contributed by atoms with van der Waals surface area (Å²) < 4.78 is 0. The van der Waals surface area contributed by atoms with E-state index >= 15 is 0 Å². The van der Waals surface area contributed by atoms with Crippen molar-refractivity contribution in [2.75, 3.05) is 7.05 Å². The lowest BCUT2D eigenvalue weighted by atomic mass is 10.1. The molecule has 1 N–H and O–H groups in total. The summed E-state index contributed by atoms with van der Waals surface area (Å²) >= 11 is 0. The molecule has 0 aliphatic carbocycles. The minimum atomic E-state index is -0.231. The Morgan fingerprint density at radius 1 is 1.73 bits per heavy atom. The van der Waals surface area contributed by atoms with E-state index in [9.17, 15) is 4.79 Å². The van der Waals surface area contributed by atoms with Gasteiger partial charge in [-0.05, 0) is 6.08 Å². The second kappa shape index (κ2) is 2.08. The molecule has 0 aromatic rings. The molecule has 58 valence electrons. The Hall–Kier alpha value is -1.32. The maximum atomic E-state index is 11.2.